The van der Waals surface area contributed by atoms with Crippen LogP contribution in [-0.2, 0) is 9.53 Å². The second-order valence-corrected chi connectivity index (χ2v) is 5.80. The van der Waals surface area contributed by atoms with Crippen molar-refractivity contribution in [3.8, 4) is 0 Å². The Morgan fingerprint density at radius 1 is 1.24 bits per heavy atom. The van der Waals surface area contributed by atoms with Gasteiger partial charge in [-0.1, -0.05) is 30.3 Å². The minimum Gasteiger partial charge on any atom is -0.375 e. The Bertz CT molecular complexity index is 533. The van der Waals surface area contributed by atoms with Crippen molar-refractivity contribution < 1.29 is 9.53 Å². The largest absolute Gasteiger partial charge is 0.375 e. The average Bonchev–Trinajstić information content (AvgIpc) is 3.15. The lowest BCUT2D eigenvalue weighted by molar-refractivity contribution is -0.128. The number of carbonyl (C=O) groups excluding carboxylic acids is 1. The molecule has 2 rings (SSSR count). The first-order valence-corrected chi connectivity index (χ1v) is 8.62. The van der Waals surface area contributed by atoms with Gasteiger partial charge in [0, 0.05) is 33.3 Å². The van der Waals surface area contributed by atoms with Crippen LogP contribution in [0, 0.1) is 0 Å². The van der Waals surface area contributed by atoms with E-state index in [0.29, 0.717) is 12.5 Å². The van der Waals surface area contributed by atoms with E-state index >= 15 is 0 Å². The lowest BCUT2D eigenvalue weighted by Crippen LogP contribution is -2.40. The third-order valence-corrected chi connectivity index (χ3v) is 4.09. The molecule has 0 bridgehead atoms. The number of rotatable bonds is 7. The molecule has 1 aliphatic heterocycles. The van der Waals surface area contributed by atoms with Gasteiger partial charge in [0.25, 0.3) is 0 Å². The fourth-order valence-corrected chi connectivity index (χ4v) is 2.75. The number of hydrogen-bond donors (Lipinski definition) is 2. The third-order valence-electron chi connectivity index (χ3n) is 4.09. The molecule has 6 nitrogen and oxygen atoms in total. The molecule has 0 aromatic heterocycles. The van der Waals surface area contributed by atoms with Gasteiger partial charge in [-0.25, -0.2) is 4.99 Å². The second kappa shape index (κ2) is 12.1. The Kier molecular flexibility index (Phi) is 10.5. The Morgan fingerprint density at radius 2 is 1.92 bits per heavy atom. The topological polar surface area (TPSA) is 66.0 Å². The molecule has 0 saturated carbocycles. The molecule has 25 heavy (non-hydrogen) atoms. The molecular weight excluding hydrogens is 431 g/mol. The van der Waals surface area contributed by atoms with E-state index in [9.17, 15) is 4.79 Å². The van der Waals surface area contributed by atoms with Gasteiger partial charge in [-0.3, -0.25) is 4.79 Å². The smallest absolute Gasteiger partial charge is 0.244 e. The first-order valence-electron chi connectivity index (χ1n) is 8.62. The second-order valence-electron chi connectivity index (χ2n) is 5.80. The maximum atomic E-state index is 12.1. The van der Waals surface area contributed by atoms with E-state index in [0.717, 1.165) is 38.0 Å². The van der Waals surface area contributed by atoms with Crippen LogP contribution in [0.4, 0.5) is 0 Å². The fourth-order valence-electron chi connectivity index (χ4n) is 2.75. The van der Waals surface area contributed by atoms with Crippen LogP contribution in [0.25, 0.3) is 0 Å². The van der Waals surface area contributed by atoms with Crippen molar-refractivity contribution in [2.24, 2.45) is 4.99 Å². The number of ether oxygens (including phenoxy) is 1. The van der Waals surface area contributed by atoms with Gasteiger partial charge in [-0.15, -0.1) is 24.0 Å². The molecule has 2 N–H and O–H groups in total. The Labute approximate surface area is 167 Å². The Morgan fingerprint density at radius 3 is 2.52 bits per heavy atom. The highest BCUT2D eigenvalue weighted by molar-refractivity contribution is 14.0. The predicted octanol–water partition coefficient (Wildman–Crippen LogP) is 2.17. The zero-order valence-corrected chi connectivity index (χ0v) is 17.4. The molecule has 0 spiro atoms. The molecule has 1 amide bonds. The highest BCUT2D eigenvalue weighted by atomic mass is 127. The summed E-state index contributed by atoms with van der Waals surface area (Å²) in [6.45, 7) is 5.23. The van der Waals surface area contributed by atoms with E-state index in [1.807, 2.05) is 42.2 Å². The number of hydrogen-bond acceptors (Lipinski definition) is 3. The summed E-state index contributed by atoms with van der Waals surface area (Å²) in [5.74, 6) is 0.735. The molecule has 7 heteroatoms. The highest BCUT2D eigenvalue weighted by Gasteiger charge is 2.17. The van der Waals surface area contributed by atoms with Crippen LogP contribution >= 0.6 is 24.0 Å². The SMILES string of the molecule is CCNC(=NCC(=O)N1CCCC1)NCC(OC)c1ccccc1.I. The molecule has 1 aromatic rings. The van der Waals surface area contributed by atoms with E-state index in [1.54, 1.807) is 7.11 Å². The quantitative estimate of drug-likeness (QED) is 0.372. The summed E-state index contributed by atoms with van der Waals surface area (Å²) < 4.78 is 5.55. The van der Waals surface area contributed by atoms with Crippen molar-refractivity contribution >= 4 is 35.8 Å². The van der Waals surface area contributed by atoms with Crippen LogP contribution in [-0.4, -0.2) is 56.6 Å². The number of nitrogens with zero attached hydrogens (tertiary/aromatic N) is 2. The van der Waals surface area contributed by atoms with E-state index in [2.05, 4.69) is 15.6 Å². The monoisotopic (exact) mass is 460 g/mol. The summed E-state index contributed by atoms with van der Waals surface area (Å²) in [6.07, 6.45) is 2.13. The highest BCUT2D eigenvalue weighted by Crippen LogP contribution is 2.14. The first-order chi connectivity index (χ1) is 11.7. The van der Waals surface area contributed by atoms with Crippen LogP contribution in [0.3, 0.4) is 0 Å². The van der Waals surface area contributed by atoms with Gasteiger partial charge < -0.3 is 20.3 Å². The van der Waals surface area contributed by atoms with E-state index in [-0.39, 0.29) is 42.5 Å². The lowest BCUT2D eigenvalue weighted by atomic mass is 10.1. The zero-order chi connectivity index (χ0) is 17.2. The van der Waals surface area contributed by atoms with Crippen molar-refractivity contribution in [1.82, 2.24) is 15.5 Å². The fraction of sp³-hybridized carbons (Fsp3) is 0.556. The summed E-state index contributed by atoms with van der Waals surface area (Å²) in [5.41, 5.74) is 1.11. The number of likely N-dealkylation sites (tertiary alicyclic amines) is 1. The summed E-state index contributed by atoms with van der Waals surface area (Å²) in [7, 11) is 1.69. The molecule has 1 unspecified atom stereocenters. The molecule has 140 valence electrons. The van der Waals surface area contributed by atoms with Gasteiger partial charge in [0.05, 0.1) is 6.10 Å². The van der Waals surface area contributed by atoms with Crippen molar-refractivity contribution in [3.05, 3.63) is 35.9 Å². The summed E-state index contributed by atoms with van der Waals surface area (Å²) >= 11 is 0. The standard InChI is InChI=1S/C18H28N4O2.HI/c1-3-19-18(21-14-17(23)22-11-7-8-12-22)20-13-16(24-2)15-9-5-4-6-10-15;/h4-6,9-10,16H,3,7-8,11-14H2,1-2H3,(H2,19,20,21);1H. The molecule has 1 aliphatic rings. The maximum Gasteiger partial charge on any atom is 0.244 e. The van der Waals surface area contributed by atoms with Gasteiger partial charge in [0.2, 0.25) is 5.91 Å². The molecule has 1 saturated heterocycles. The number of nitrogens with one attached hydrogen (secondary N) is 2. The van der Waals surface area contributed by atoms with Crippen molar-refractivity contribution in [3.63, 3.8) is 0 Å². The van der Waals surface area contributed by atoms with E-state index in [1.165, 1.54) is 0 Å². The van der Waals surface area contributed by atoms with E-state index in [4.69, 9.17) is 4.74 Å². The summed E-state index contributed by atoms with van der Waals surface area (Å²) in [6, 6.07) is 10.1. The molecule has 1 fully saturated rings. The number of guanidine groups is 1. The molecule has 1 heterocycles. The first kappa shape index (κ1) is 21.7. The molecule has 1 atom stereocenters. The van der Waals surface area contributed by atoms with Gasteiger partial charge in [0.1, 0.15) is 6.54 Å². The number of aliphatic imine (C=N–C) groups is 1. The molecule has 1 aromatic carbocycles. The molecule has 0 aliphatic carbocycles. The minimum absolute atomic E-state index is 0. The third kappa shape index (κ3) is 7.19. The van der Waals surface area contributed by atoms with E-state index < -0.39 is 0 Å². The van der Waals surface area contributed by atoms with Gasteiger partial charge >= 0.3 is 0 Å². The number of methoxy groups -OCH3 is 1. The Hall–Kier alpha value is -1.35. The number of amides is 1. The van der Waals surface area contributed by atoms with Gasteiger partial charge in [-0.05, 0) is 25.3 Å². The molecular formula is C18H29IN4O2. The van der Waals surface area contributed by atoms with Crippen LogP contribution in [0.5, 0.6) is 0 Å². The normalized spacial score (nSPS) is 15.4. The van der Waals surface area contributed by atoms with Gasteiger partial charge in [-0.2, -0.15) is 0 Å². The van der Waals surface area contributed by atoms with Crippen molar-refractivity contribution in [1.29, 1.82) is 0 Å². The Balaban J connectivity index is 0.00000312. The lowest BCUT2D eigenvalue weighted by Gasteiger charge is -2.19. The van der Waals surface area contributed by atoms with Crippen LogP contribution in [0.15, 0.2) is 35.3 Å². The minimum atomic E-state index is -0.0654. The van der Waals surface area contributed by atoms with Crippen LogP contribution in [0.1, 0.15) is 31.4 Å². The van der Waals surface area contributed by atoms with Gasteiger partial charge in [0.15, 0.2) is 5.96 Å². The number of carbonyl (C=O) groups is 1. The maximum absolute atomic E-state index is 12.1. The number of halogens is 1. The summed E-state index contributed by atoms with van der Waals surface area (Å²) in [5, 5.41) is 6.43. The zero-order valence-electron chi connectivity index (χ0n) is 15.0. The van der Waals surface area contributed by atoms with Crippen molar-refractivity contribution in [2.75, 3.05) is 39.8 Å². The van der Waals surface area contributed by atoms with Crippen LogP contribution < -0.4 is 10.6 Å². The van der Waals surface area contributed by atoms with Crippen LogP contribution in [0.2, 0.25) is 0 Å². The average molecular weight is 460 g/mol. The summed E-state index contributed by atoms with van der Waals surface area (Å²) in [4.78, 5) is 18.4. The van der Waals surface area contributed by atoms with Crippen molar-refractivity contribution in [2.45, 2.75) is 25.9 Å². The number of benzene rings is 1. The predicted molar refractivity (Wildman–Crippen MR) is 111 cm³/mol. The molecule has 0 radical (unpaired) electrons.